The van der Waals surface area contributed by atoms with Crippen molar-refractivity contribution in [3.05, 3.63) is 23.8 Å². The highest BCUT2D eigenvalue weighted by Gasteiger charge is 2.33. The van der Waals surface area contributed by atoms with Gasteiger partial charge >= 0.3 is 0 Å². The molecule has 0 bridgehead atoms. The molecule has 1 aromatic carbocycles. The SMILES string of the molecule is CCNC(=NCc1ccc(OC)c(OCC)c1)NC1CC1C.I. The van der Waals surface area contributed by atoms with Crippen LogP contribution in [0.25, 0.3) is 0 Å². The van der Waals surface area contributed by atoms with E-state index in [1.165, 1.54) is 6.42 Å². The molecule has 0 heterocycles. The average molecular weight is 433 g/mol. The lowest BCUT2D eigenvalue weighted by Gasteiger charge is -2.12. The van der Waals surface area contributed by atoms with E-state index in [1.54, 1.807) is 7.11 Å². The van der Waals surface area contributed by atoms with Gasteiger partial charge in [-0.05, 0) is 43.9 Å². The standard InChI is InChI=1S/C17H27N3O2.HI/c1-5-18-17(20-14-9-12(14)3)19-11-13-7-8-15(21-4)16(10-13)22-6-2;/h7-8,10,12,14H,5-6,9,11H2,1-4H3,(H2,18,19,20);1H. The van der Waals surface area contributed by atoms with Crippen LogP contribution in [-0.2, 0) is 6.54 Å². The van der Waals surface area contributed by atoms with E-state index in [1.807, 2.05) is 25.1 Å². The molecule has 0 aliphatic heterocycles. The molecular weight excluding hydrogens is 405 g/mol. The summed E-state index contributed by atoms with van der Waals surface area (Å²) in [6, 6.07) is 6.51. The zero-order valence-electron chi connectivity index (χ0n) is 14.4. The van der Waals surface area contributed by atoms with Crippen LogP contribution in [0.5, 0.6) is 11.5 Å². The smallest absolute Gasteiger partial charge is 0.191 e. The lowest BCUT2D eigenvalue weighted by Crippen LogP contribution is -2.39. The van der Waals surface area contributed by atoms with Gasteiger partial charge in [-0.2, -0.15) is 0 Å². The molecule has 5 nitrogen and oxygen atoms in total. The van der Waals surface area contributed by atoms with E-state index < -0.39 is 0 Å². The Kier molecular flexibility index (Phi) is 8.51. The van der Waals surface area contributed by atoms with Gasteiger partial charge in [0.15, 0.2) is 17.5 Å². The van der Waals surface area contributed by atoms with E-state index in [2.05, 4.69) is 29.5 Å². The minimum atomic E-state index is 0. The normalized spacial score (nSPS) is 19.6. The number of hydrogen-bond acceptors (Lipinski definition) is 3. The zero-order valence-corrected chi connectivity index (χ0v) is 16.7. The summed E-state index contributed by atoms with van der Waals surface area (Å²) in [5.41, 5.74) is 1.10. The predicted molar refractivity (Wildman–Crippen MR) is 105 cm³/mol. The van der Waals surface area contributed by atoms with Crippen molar-refractivity contribution in [2.24, 2.45) is 10.9 Å². The van der Waals surface area contributed by atoms with E-state index in [4.69, 9.17) is 9.47 Å². The van der Waals surface area contributed by atoms with Crippen molar-refractivity contribution in [3.63, 3.8) is 0 Å². The highest BCUT2D eigenvalue weighted by molar-refractivity contribution is 14.0. The van der Waals surface area contributed by atoms with Gasteiger partial charge in [0.25, 0.3) is 0 Å². The molecular formula is C17H28IN3O2. The average Bonchev–Trinajstić information content (AvgIpc) is 3.21. The van der Waals surface area contributed by atoms with E-state index in [9.17, 15) is 0 Å². The van der Waals surface area contributed by atoms with Crippen LogP contribution < -0.4 is 20.1 Å². The molecule has 2 unspecified atom stereocenters. The molecule has 0 radical (unpaired) electrons. The lowest BCUT2D eigenvalue weighted by molar-refractivity contribution is 0.310. The molecule has 1 saturated carbocycles. The van der Waals surface area contributed by atoms with Crippen LogP contribution in [-0.4, -0.2) is 32.3 Å². The molecule has 0 amide bonds. The summed E-state index contributed by atoms with van der Waals surface area (Å²) in [5, 5.41) is 6.75. The van der Waals surface area contributed by atoms with Crippen LogP contribution in [0.3, 0.4) is 0 Å². The molecule has 23 heavy (non-hydrogen) atoms. The molecule has 6 heteroatoms. The third-order valence-corrected chi connectivity index (χ3v) is 3.72. The number of halogens is 1. The Bertz CT molecular complexity index is 523. The second-order valence-corrected chi connectivity index (χ2v) is 5.58. The summed E-state index contributed by atoms with van der Waals surface area (Å²) >= 11 is 0. The van der Waals surface area contributed by atoms with Crippen molar-refractivity contribution < 1.29 is 9.47 Å². The monoisotopic (exact) mass is 433 g/mol. The van der Waals surface area contributed by atoms with E-state index in [-0.39, 0.29) is 24.0 Å². The van der Waals surface area contributed by atoms with Crippen molar-refractivity contribution in [2.45, 2.75) is 39.8 Å². The topological polar surface area (TPSA) is 54.9 Å². The Morgan fingerprint density at radius 2 is 2.04 bits per heavy atom. The number of aliphatic imine (C=N–C) groups is 1. The number of ether oxygens (including phenoxy) is 2. The molecule has 1 aliphatic rings. The van der Waals surface area contributed by atoms with Gasteiger partial charge in [0.2, 0.25) is 0 Å². The predicted octanol–water partition coefficient (Wildman–Crippen LogP) is 3.18. The van der Waals surface area contributed by atoms with Crippen LogP contribution in [0.4, 0.5) is 0 Å². The zero-order chi connectivity index (χ0) is 15.9. The van der Waals surface area contributed by atoms with E-state index in [0.29, 0.717) is 19.2 Å². The van der Waals surface area contributed by atoms with E-state index >= 15 is 0 Å². The quantitative estimate of drug-likeness (QED) is 0.394. The third kappa shape index (κ3) is 6.08. The summed E-state index contributed by atoms with van der Waals surface area (Å²) in [7, 11) is 1.65. The maximum absolute atomic E-state index is 5.61. The summed E-state index contributed by atoms with van der Waals surface area (Å²) in [5.74, 6) is 3.15. The molecule has 0 spiro atoms. The number of guanidine groups is 1. The number of hydrogen-bond donors (Lipinski definition) is 2. The fourth-order valence-electron chi connectivity index (χ4n) is 2.28. The first-order chi connectivity index (χ1) is 10.7. The molecule has 0 saturated heterocycles. The second kappa shape index (κ2) is 9.85. The van der Waals surface area contributed by atoms with Gasteiger partial charge in [-0.3, -0.25) is 0 Å². The molecule has 1 aromatic rings. The number of methoxy groups -OCH3 is 1. The first-order valence-electron chi connectivity index (χ1n) is 8.02. The number of benzene rings is 1. The first-order valence-corrected chi connectivity index (χ1v) is 8.02. The highest BCUT2D eigenvalue weighted by Crippen LogP contribution is 2.29. The number of nitrogens with zero attached hydrogens (tertiary/aromatic N) is 1. The molecule has 2 atom stereocenters. The highest BCUT2D eigenvalue weighted by atomic mass is 127. The van der Waals surface area contributed by atoms with Crippen molar-refractivity contribution in [1.29, 1.82) is 0 Å². The Labute approximate surface area is 156 Å². The Balaban J connectivity index is 0.00000264. The van der Waals surface area contributed by atoms with Crippen molar-refractivity contribution >= 4 is 29.9 Å². The van der Waals surface area contributed by atoms with Crippen LogP contribution in [0.15, 0.2) is 23.2 Å². The van der Waals surface area contributed by atoms with Crippen LogP contribution >= 0.6 is 24.0 Å². The molecule has 0 aromatic heterocycles. The third-order valence-electron chi connectivity index (χ3n) is 3.72. The van der Waals surface area contributed by atoms with Gasteiger partial charge < -0.3 is 20.1 Å². The Morgan fingerprint density at radius 3 is 2.61 bits per heavy atom. The number of nitrogens with one attached hydrogen (secondary N) is 2. The van der Waals surface area contributed by atoms with Gasteiger partial charge in [0, 0.05) is 12.6 Å². The summed E-state index contributed by atoms with van der Waals surface area (Å²) in [4.78, 5) is 4.65. The molecule has 2 rings (SSSR count). The van der Waals surface area contributed by atoms with Crippen LogP contribution in [0, 0.1) is 5.92 Å². The lowest BCUT2D eigenvalue weighted by atomic mass is 10.2. The van der Waals surface area contributed by atoms with Gasteiger partial charge in [0.05, 0.1) is 20.3 Å². The largest absolute Gasteiger partial charge is 0.493 e. The summed E-state index contributed by atoms with van der Waals surface area (Å²) in [6.07, 6.45) is 1.22. The molecule has 2 N–H and O–H groups in total. The van der Waals surface area contributed by atoms with Gasteiger partial charge in [0.1, 0.15) is 0 Å². The fourth-order valence-corrected chi connectivity index (χ4v) is 2.28. The van der Waals surface area contributed by atoms with Crippen molar-refractivity contribution in [1.82, 2.24) is 10.6 Å². The fraction of sp³-hybridized carbons (Fsp3) is 0.588. The van der Waals surface area contributed by atoms with E-state index in [0.717, 1.165) is 35.5 Å². The Morgan fingerprint density at radius 1 is 1.30 bits per heavy atom. The first kappa shape index (κ1) is 19.9. The Hall–Kier alpha value is -1.18. The summed E-state index contributed by atoms with van der Waals surface area (Å²) < 4.78 is 10.9. The minimum Gasteiger partial charge on any atom is -0.493 e. The van der Waals surface area contributed by atoms with Crippen molar-refractivity contribution in [3.8, 4) is 11.5 Å². The maximum Gasteiger partial charge on any atom is 0.191 e. The van der Waals surface area contributed by atoms with Crippen LogP contribution in [0.2, 0.25) is 0 Å². The minimum absolute atomic E-state index is 0. The number of rotatable bonds is 7. The van der Waals surface area contributed by atoms with Gasteiger partial charge in [-0.25, -0.2) is 4.99 Å². The second-order valence-electron chi connectivity index (χ2n) is 5.58. The molecule has 130 valence electrons. The summed E-state index contributed by atoms with van der Waals surface area (Å²) in [6.45, 7) is 8.38. The maximum atomic E-state index is 5.61. The van der Waals surface area contributed by atoms with Gasteiger partial charge in [-0.15, -0.1) is 24.0 Å². The molecule has 1 fully saturated rings. The van der Waals surface area contributed by atoms with Gasteiger partial charge in [-0.1, -0.05) is 13.0 Å². The van der Waals surface area contributed by atoms with Crippen LogP contribution in [0.1, 0.15) is 32.8 Å². The van der Waals surface area contributed by atoms with Crippen molar-refractivity contribution in [2.75, 3.05) is 20.3 Å². The molecule has 1 aliphatic carbocycles.